The Morgan fingerprint density at radius 3 is 2.60 bits per heavy atom. The van der Waals surface area contributed by atoms with Gasteiger partial charge in [0, 0.05) is 9.91 Å². The Bertz CT molecular complexity index is 869. The monoisotopic (exact) mass is 446 g/mol. The summed E-state index contributed by atoms with van der Waals surface area (Å²) in [6.07, 6.45) is 8.75. The Balaban J connectivity index is 1.58. The molecule has 2 N–H and O–H groups in total. The van der Waals surface area contributed by atoms with Gasteiger partial charge in [0.1, 0.15) is 4.88 Å². The van der Waals surface area contributed by atoms with E-state index in [0.29, 0.717) is 10.8 Å². The summed E-state index contributed by atoms with van der Waals surface area (Å²) in [5.74, 6) is -0.408. The number of hydrogen-bond acceptors (Lipinski definition) is 3. The lowest BCUT2D eigenvalue weighted by atomic mass is 9.89. The van der Waals surface area contributed by atoms with Crippen molar-refractivity contribution in [2.75, 3.05) is 0 Å². The smallest absolute Gasteiger partial charge is 0.345 e. The van der Waals surface area contributed by atoms with Gasteiger partial charge in [-0.2, -0.15) is 0 Å². The van der Waals surface area contributed by atoms with Crippen LogP contribution < -0.4 is 0 Å². The van der Waals surface area contributed by atoms with Crippen molar-refractivity contribution < 1.29 is 15.0 Å². The molecule has 1 unspecified atom stereocenters. The maximum atomic E-state index is 11.0. The van der Waals surface area contributed by atoms with Gasteiger partial charge >= 0.3 is 5.97 Å². The first-order valence-corrected chi connectivity index (χ1v) is 12.2. The zero-order valence-electron chi connectivity index (χ0n) is 17.6. The molecule has 2 atom stereocenters. The average Bonchev–Trinajstić information content (AvgIpc) is 3.35. The second-order valence-electron chi connectivity index (χ2n) is 8.15. The highest BCUT2D eigenvalue weighted by Gasteiger charge is 2.25. The van der Waals surface area contributed by atoms with Crippen molar-refractivity contribution in [2.24, 2.45) is 5.92 Å². The molecule has 0 saturated carbocycles. The van der Waals surface area contributed by atoms with Gasteiger partial charge in [0.25, 0.3) is 0 Å². The summed E-state index contributed by atoms with van der Waals surface area (Å²) in [7, 11) is 0. The maximum Gasteiger partial charge on any atom is 0.345 e. The van der Waals surface area contributed by atoms with E-state index in [1.165, 1.54) is 16.9 Å². The summed E-state index contributed by atoms with van der Waals surface area (Å²) in [6, 6.07) is 11.9. The SMILES string of the molecule is CCCCC[C@@H](O)c1ccc(C2=C(Cl)CCC2CCCc2ccc(C(=O)O)s2)cc1. The Morgan fingerprint density at radius 1 is 1.17 bits per heavy atom. The van der Waals surface area contributed by atoms with Gasteiger partial charge in [0.2, 0.25) is 0 Å². The number of aliphatic hydroxyl groups excluding tert-OH is 1. The van der Waals surface area contributed by atoms with E-state index in [1.807, 2.05) is 18.2 Å². The van der Waals surface area contributed by atoms with Crippen molar-refractivity contribution >= 4 is 34.5 Å². The molecule has 1 heterocycles. The van der Waals surface area contributed by atoms with E-state index < -0.39 is 12.1 Å². The Morgan fingerprint density at radius 2 is 1.93 bits per heavy atom. The molecule has 3 nitrogen and oxygen atoms in total. The van der Waals surface area contributed by atoms with Crippen LogP contribution in [0.15, 0.2) is 41.4 Å². The van der Waals surface area contributed by atoms with Gasteiger partial charge in [0.15, 0.2) is 0 Å². The van der Waals surface area contributed by atoms with Gasteiger partial charge in [-0.05, 0) is 73.3 Å². The number of allylic oxidation sites excluding steroid dienone is 2. The van der Waals surface area contributed by atoms with Crippen LogP contribution in [-0.2, 0) is 6.42 Å². The summed E-state index contributed by atoms with van der Waals surface area (Å²) in [5, 5.41) is 20.4. The highest BCUT2D eigenvalue weighted by atomic mass is 35.5. The van der Waals surface area contributed by atoms with Crippen molar-refractivity contribution in [3.8, 4) is 0 Å². The van der Waals surface area contributed by atoms with Crippen molar-refractivity contribution in [3.63, 3.8) is 0 Å². The lowest BCUT2D eigenvalue weighted by Gasteiger charge is -2.17. The fraction of sp³-hybridized carbons (Fsp3) is 0.480. The highest BCUT2D eigenvalue weighted by molar-refractivity contribution is 7.13. The minimum Gasteiger partial charge on any atom is -0.477 e. The third-order valence-electron chi connectivity index (χ3n) is 5.95. The van der Waals surface area contributed by atoms with Crippen molar-refractivity contribution in [2.45, 2.75) is 70.8 Å². The molecule has 30 heavy (non-hydrogen) atoms. The highest BCUT2D eigenvalue weighted by Crippen LogP contribution is 2.43. The van der Waals surface area contributed by atoms with E-state index in [1.54, 1.807) is 6.07 Å². The number of benzene rings is 1. The van der Waals surface area contributed by atoms with Gasteiger partial charge in [-0.3, -0.25) is 0 Å². The third-order valence-corrected chi connectivity index (χ3v) is 7.47. The number of carboxylic acids is 1. The van der Waals surface area contributed by atoms with E-state index >= 15 is 0 Å². The van der Waals surface area contributed by atoms with Crippen LogP contribution in [0.1, 0.15) is 90.1 Å². The van der Waals surface area contributed by atoms with Crippen LogP contribution >= 0.6 is 22.9 Å². The zero-order valence-corrected chi connectivity index (χ0v) is 19.1. The molecule has 162 valence electrons. The second kappa shape index (κ2) is 11.1. The molecule has 0 saturated heterocycles. The molecule has 0 bridgehead atoms. The molecule has 0 amide bonds. The summed E-state index contributed by atoms with van der Waals surface area (Å²) >= 11 is 7.97. The number of thiophene rings is 1. The molecule has 1 aromatic heterocycles. The summed E-state index contributed by atoms with van der Waals surface area (Å²) < 4.78 is 0. The number of aromatic carboxylic acids is 1. The second-order valence-corrected chi connectivity index (χ2v) is 9.78. The van der Waals surface area contributed by atoms with Crippen LogP contribution in [0.2, 0.25) is 0 Å². The van der Waals surface area contributed by atoms with Crippen molar-refractivity contribution in [3.05, 3.63) is 62.3 Å². The Hall–Kier alpha value is -1.62. The largest absolute Gasteiger partial charge is 0.477 e. The van der Waals surface area contributed by atoms with Crippen LogP contribution in [0.5, 0.6) is 0 Å². The van der Waals surface area contributed by atoms with Gasteiger partial charge in [0.05, 0.1) is 6.10 Å². The molecule has 0 spiro atoms. The topological polar surface area (TPSA) is 57.5 Å². The average molecular weight is 447 g/mol. The van der Waals surface area contributed by atoms with Gasteiger partial charge in [-0.25, -0.2) is 4.79 Å². The number of aliphatic hydroxyl groups is 1. The molecule has 0 aliphatic heterocycles. The molecule has 1 aromatic carbocycles. The summed E-state index contributed by atoms with van der Waals surface area (Å²) in [6.45, 7) is 2.17. The number of rotatable bonds is 11. The molecular formula is C25H31ClO3S. The van der Waals surface area contributed by atoms with E-state index in [2.05, 4.69) is 19.1 Å². The zero-order chi connectivity index (χ0) is 21.5. The predicted octanol–water partition coefficient (Wildman–Crippen LogP) is 7.44. The minimum absolute atomic E-state index is 0.393. The molecule has 0 radical (unpaired) electrons. The van der Waals surface area contributed by atoms with Crippen molar-refractivity contribution in [1.29, 1.82) is 0 Å². The van der Waals surface area contributed by atoms with E-state index in [-0.39, 0.29) is 0 Å². The third kappa shape index (κ3) is 5.96. The number of unbranched alkanes of at least 4 members (excludes halogenated alkanes) is 2. The van der Waals surface area contributed by atoms with Crippen LogP contribution in [0.25, 0.3) is 5.57 Å². The van der Waals surface area contributed by atoms with E-state index in [0.717, 1.165) is 78.8 Å². The van der Waals surface area contributed by atoms with E-state index in [9.17, 15) is 9.90 Å². The van der Waals surface area contributed by atoms with E-state index in [4.69, 9.17) is 16.7 Å². The predicted molar refractivity (Wildman–Crippen MR) is 125 cm³/mol. The number of halogens is 1. The number of carboxylic acid groups (broad SMARTS) is 1. The van der Waals surface area contributed by atoms with Crippen LogP contribution in [0.4, 0.5) is 0 Å². The van der Waals surface area contributed by atoms with Gasteiger partial charge < -0.3 is 10.2 Å². The normalized spacial score (nSPS) is 17.5. The van der Waals surface area contributed by atoms with Gasteiger partial charge in [-0.15, -0.1) is 11.3 Å². The lowest BCUT2D eigenvalue weighted by molar-refractivity contribution is 0.0702. The molecule has 5 heteroatoms. The first-order chi connectivity index (χ1) is 14.5. The molecular weight excluding hydrogens is 416 g/mol. The number of carbonyl (C=O) groups is 1. The van der Waals surface area contributed by atoms with Crippen LogP contribution in [0.3, 0.4) is 0 Å². The minimum atomic E-state index is -0.849. The fourth-order valence-electron chi connectivity index (χ4n) is 4.27. The standard InChI is InChI=1S/C25H31ClO3S/c1-2-3-4-8-22(27)17-9-11-19(12-10-17)24-18(13-15-21(24)26)6-5-7-20-14-16-23(30-20)25(28)29/h9-12,14,16,18,22,27H,2-8,13,15H2,1H3,(H,28,29)/t18?,22-/m1/s1. The Kier molecular flexibility index (Phi) is 8.55. The summed E-state index contributed by atoms with van der Waals surface area (Å²) in [4.78, 5) is 12.6. The Labute approximate surface area is 188 Å². The fourth-order valence-corrected chi connectivity index (χ4v) is 5.53. The molecule has 1 aliphatic carbocycles. The first-order valence-electron chi connectivity index (χ1n) is 11.0. The quantitative estimate of drug-likeness (QED) is 0.352. The maximum absolute atomic E-state index is 11.0. The molecule has 2 aromatic rings. The number of aryl methyl sites for hydroxylation is 1. The van der Waals surface area contributed by atoms with Crippen LogP contribution in [0, 0.1) is 5.92 Å². The first kappa shape index (κ1) is 23.1. The van der Waals surface area contributed by atoms with Gasteiger partial charge in [-0.1, -0.05) is 62.1 Å². The molecule has 3 rings (SSSR count). The lowest BCUT2D eigenvalue weighted by Crippen LogP contribution is -2.02. The van der Waals surface area contributed by atoms with Crippen molar-refractivity contribution in [1.82, 2.24) is 0 Å². The molecule has 0 fully saturated rings. The summed E-state index contributed by atoms with van der Waals surface area (Å²) in [5.41, 5.74) is 3.39. The van der Waals surface area contributed by atoms with Crippen LogP contribution in [-0.4, -0.2) is 16.2 Å². The molecule has 1 aliphatic rings. The number of hydrogen-bond donors (Lipinski definition) is 2.